The summed E-state index contributed by atoms with van der Waals surface area (Å²) in [6.07, 6.45) is 1.85. The molecule has 1 atom stereocenters. The van der Waals surface area contributed by atoms with E-state index in [9.17, 15) is 9.59 Å². The number of carbonyl (C=O) groups excluding carboxylic acids is 2. The summed E-state index contributed by atoms with van der Waals surface area (Å²) >= 11 is 0. The Hall–Kier alpha value is -2.08. The third-order valence-electron chi connectivity index (χ3n) is 4.14. The maximum atomic E-state index is 12.4. The van der Waals surface area contributed by atoms with E-state index in [1.165, 1.54) is 0 Å². The molecule has 1 fully saturated rings. The number of para-hydroxylation sites is 1. The molecule has 0 unspecified atom stereocenters. The van der Waals surface area contributed by atoms with Gasteiger partial charge in [0.2, 0.25) is 11.8 Å². The van der Waals surface area contributed by atoms with E-state index in [1.807, 2.05) is 29.2 Å². The third-order valence-corrected chi connectivity index (χ3v) is 4.14. The van der Waals surface area contributed by atoms with E-state index < -0.39 is 6.04 Å². The van der Waals surface area contributed by atoms with Crippen LogP contribution in [0.15, 0.2) is 24.3 Å². The lowest BCUT2D eigenvalue weighted by atomic mass is 10.0. The van der Waals surface area contributed by atoms with Gasteiger partial charge >= 0.3 is 0 Å². The number of nitrogens with two attached hydrogens (primary N) is 1. The Morgan fingerprint density at radius 1 is 1.35 bits per heavy atom. The number of benzene rings is 1. The number of nitrogens with zero attached hydrogens (tertiary/aromatic N) is 1. The van der Waals surface area contributed by atoms with Crippen LogP contribution in [0.3, 0.4) is 0 Å². The molecule has 1 aromatic rings. The fourth-order valence-corrected chi connectivity index (χ4v) is 2.73. The molecule has 0 spiro atoms. The van der Waals surface area contributed by atoms with Crippen molar-refractivity contribution in [2.24, 2.45) is 5.73 Å². The standard InChI is InChI=1S/C17H25N3O3/c1-12(18)17(22)19-14-7-9-20(10-8-14)16(21)11-13-5-3-4-6-15(13)23-2/h3-6,12,14H,7-11,18H2,1-2H3,(H,19,22)/t12-/m1/s1. The average Bonchev–Trinajstić information content (AvgIpc) is 2.55. The van der Waals surface area contributed by atoms with Gasteiger partial charge in [0.1, 0.15) is 5.75 Å². The lowest BCUT2D eigenvalue weighted by Gasteiger charge is -2.33. The van der Waals surface area contributed by atoms with Crippen LogP contribution >= 0.6 is 0 Å². The van der Waals surface area contributed by atoms with E-state index in [-0.39, 0.29) is 17.9 Å². The molecule has 1 heterocycles. The zero-order valence-corrected chi connectivity index (χ0v) is 13.7. The molecular formula is C17H25N3O3. The Balaban J connectivity index is 1.85. The van der Waals surface area contributed by atoms with Crippen LogP contribution in [0.2, 0.25) is 0 Å². The largest absolute Gasteiger partial charge is 0.496 e. The molecule has 1 saturated heterocycles. The molecule has 0 bridgehead atoms. The molecule has 6 heteroatoms. The second-order valence-corrected chi connectivity index (χ2v) is 5.94. The SMILES string of the molecule is COc1ccccc1CC(=O)N1CCC(NC(=O)[C@@H](C)N)CC1. The number of likely N-dealkylation sites (tertiary alicyclic amines) is 1. The molecule has 0 saturated carbocycles. The highest BCUT2D eigenvalue weighted by atomic mass is 16.5. The summed E-state index contributed by atoms with van der Waals surface area (Å²) in [5.74, 6) is 0.690. The van der Waals surface area contributed by atoms with Gasteiger partial charge in [0, 0.05) is 24.7 Å². The Bertz CT molecular complexity index is 552. The van der Waals surface area contributed by atoms with Gasteiger partial charge in [0.25, 0.3) is 0 Å². The van der Waals surface area contributed by atoms with Crippen molar-refractivity contribution in [1.82, 2.24) is 10.2 Å². The Morgan fingerprint density at radius 3 is 2.61 bits per heavy atom. The van der Waals surface area contributed by atoms with E-state index in [0.29, 0.717) is 19.5 Å². The monoisotopic (exact) mass is 319 g/mol. The van der Waals surface area contributed by atoms with Gasteiger partial charge in [-0.15, -0.1) is 0 Å². The van der Waals surface area contributed by atoms with Gasteiger partial charge in [0.05, 0.1) is 19.6 Å². The topological polar surface area (TPSA) is 84.7 Å². The lowest BCUT2D eigenvalue weighted by Crippen LogP contribution is -2.50. The van der Waals surface area contributed by atoms with Crippen molar-refractivity contribution in [1.29, 1.82) is 0 Å². The van der Waals surface area contributed by atoms with Crippen molar-refractivity contribution in [2.45, 2.75) is 38.3 Å². The van der Waals surface area contributed by atoms with E-state index in [1.54, 1.807) is 14.0 Å². The first-order chi connectivity index (χ1) is 11.0. The van der Waals surface area contributed by atoms with Crippen molar-refractivity contribution in [2.75, 3.05) is 20.2 Å². The van der Waals surface area contributed by atoms with Crippen molar-refractivity contribution in [3.8, 4) is 5.75 Å². The van der Waals surface area contributed by atoms with Crippen LogP contribution in [-0.4, -0.2) is 49.0 Å². The van der Waals surface area contributed by atoms with Crippen molar-refractivity contribution >= 4 is 11.8 Å². The van der Waals surface area contributed by atoms with Crippen LogP contribution in [-0.2, 0) is 16.0 Å². The Kier molecular flexibility index (Phi) is 5.98. The number of hydrogen-bond acceptors (Lipinski definition) is 4. The molecule has 126 valence electrons. The highest BCUT2D eigenvalue weighted by Crippen LogP contribution is 2.19. The predicted molar refractivity (Wildman–Crippen MR) is 88.1 cm³/mol. The van der Waals surface area contributed by atoms with Gasteiger partial charge < -0.3 is 20.7 Å². The Morgan fingerprint density at radius 2 is 2.00 bits per heavy atom. The zero-order chi connectivity index (χ0) is 16.8. The minimum atomic E-state index is -0.500. The number of amides is 2. The molecule has 1 aromatic carbocycles. The van der Waals surface area contributed by atoms with Crippen molar-refractivity contribution in [3.05, 3.63) is 29.8 Å². The van der Waals surface area contributed by atoms with Gasteiger partial charge in [-0.1, -0.05) is 18.2 Å². The number of methoxy groups -OCH3 is 1. The summed E-state index contributed by atoms with van der Waals surface area (Å²) in [7, 11) is 1.61. The Labute approximate surface area is 137 Å². The number of piperidine rings is 1. The maximum Gasteiger partial charge on any atom is 0.236 e. The molecule has 3 N–H and O–H groups in total. The number of nitrogens with one attached hydrogen (secondary N) is 1. The molecule has 0 aromatic heterocycles. The lowest BCUT2D eigenvalue weighted by molar-refractivity contribution is -0.131. The number of ether oxygens (including phenoxy) is 1. The van der Waals surface area contributed by atoms with Crippen LogP contribution in [0, 0.1) is 0 Å². The average molecular weight is 319 g/mol. The van der Waals surface area contributed by atoms with E-state index in [0.717, 1.165) is 24.2 Å². The summed E-state index contributed by atoms with van der Waals surface area (Å²) in [4.78, 5) is 25.9. The first-order valence-corrected chi connectivity index (χ1v) is 7.97. The summed E-state index contributed by atoms with van der Waals surface area (Å²) in [5, 5.41) is 2.92. The summed E-state index contributed by atoms with van der Waals surface area (Å²) in [6, 6.07) is 7.16. The minimum absolute atomic E-state index is 0.0893. The quantitative estimate of drug-likeness (QED) is 0.836. The molecule has 2 amide bonds. The van der Waals surface area contributed by atoms with Gasteiger partial charge in [-0.2, -0.15) is 0 Å². The van der Waals surface area contributed by atoms with E-state index >= 15 is 0 Å². The summed E-state index contributed by atoms with van der Waals surface area (Å²) < 4.78 is 5.29. The number of carbonyl (C=O) groups is 2. The van der Waals surface area contributed by atoms with E-state index in [2.05, 4.69) is 5.32 Å². The fraction of sp³-hybridized carbons (Fsp3) is 0.529. The van der Waals surface area contributed by atoms with Crippen molar-refractivity contribution < 1.29 is 14.3 Å². The first-order valence-electron chi connectivity index (χ1n) is 7.97. The predicted octanol–water partition coefficient (Wildman–Crippen LogP) is 0.692. The number of rotatable bonds is 5. The normalized spacial score (nSPS) is 16.7. The highest BCUT2D eigenvalue weighted by molar-refractivity contribution is 5.81. The van der Waals surface area contributed by atoms with Gasteiger partial charge in [-0.05, 0) is 25.8 Å². The van der Waals surface area contributed by atoms with Crippen LogP contribution < -0.4 is 15.8 Å². The second kappa shape index (κ2) is 7.97. The van der Waals surface area contributed by atoms with Crippen LogP contribution in [0.4, 0.5) is 0 Å². The first kappa shape index (κ1) is 17.3. The smallest absolute Gasteiger partial charge is 0.236 e. The highest BCUT2D eigenvalue weighted by Gasteiger charge is 2.24. The summed E-state index contributed by atoms with van der Waals surface area (Å²) in [5.41, 5.74) is 6.45. The molecule has 1 aliphatic heterocycles. The second-order valence-electron chi connectivity index (χ2n) is 5.94. The molecule has 0 aliphatic carbocycles. The molecule has 6 nitrogen and oxygen atoms in total. The van der Waals surface area contributed by atoms with Crippen molar-refractivity contribution in [3.63, 3.8) is 0 Å². The van der Waals surface area contributed by atoms with Gasteiger partial charge in [-0.25, -0.2) is 0 Å². The molecule has 2 rings (SSSR count). The molecule has 0 radical (unpaired) electrons. The van der Waals surface area contributed by atoms with Crippen LogP contribution in [0.1, 0.15) is 25.3 Å². The van der Waals surface area contributed by atoms with Crippen LogP contribution in [0.5, 0.6) is 5.75 Å². The number of hydrogen-bond donors (Lipinski definition) is 2. The molecular weight excluding hydrogens is 294 g/mol. The van der Waals surface area contributed by atoms with Crippen LogP contribution in [0.25, 0.3) is 0 Å². The minimum Gasteiger partial charge on any atom is -0.496 e. The van der Waals surface area contributed by atoms with E-state index in [4.69, 9.17) is 10.5 Å². The molecule has 23 heavy (non-hydrogen) atoms. The fourth-order valence-electron chi connectivity index (χ4n) is 2.73. The maximum absolute atomic E-state index is 12.4. The summed E-state index contributed by atoms with van der Waals surface area (Å²) in [6.45, 7) is 2.97. The van der Waals surface area contributed by atoms with Gasteiger partial charge in [-0.3, -0.25) is 9.59 Å². The van der Waals surface area contributed by atoms with Gasteiger partial charge in [0.15, 0.2) is 0 Å². The third kappa shape index (κ3) is 4.69. The zero-order valence-electron chi connectivity index (χ0n) is 13.7. The molecule has 1 aliphatic rings.